The van der Waals surface area contributed by atoms with Gasteiger partial charge in [-0.1, -0.05) is 12.1 Å². The lowest BCUT2D eigenvalue weighted by Crippen LogP contribution is -2.30. The van der Waals surface area contributed by atoms with Crippen LogP contribution in [-0.2, 0) is 23.1 Å². The second-order valence-corrected chi connectivity index (χ2v) is 10.8. The Morgan fingerprint density at radius 1 is 1.10 bits per heavy atom. The SMILES string of the molecule is COc1ccc(C(=O)N(Cc2cccs2)Cc2cccs2)cc1S(=O)(=O)NC1CC1. The zero-order valence-electron chi connectivity index (χ0n) is 16.4. The number of methoxy groups -OCH3 is 1. The quantitative estimate of drug-likeness (QED) is 0.519. The summed E-state index contributed by atoms with van der Waals surface area (Å²) in [6.07, 6.45) is 1.66. The van der Waals surface area contributed by atoms with Gasteiger partial charge >= 0.3 is 0 Å². The third-order valence-electron chi connectivity index (χ3n) is 4.74. The highest BCUT2D eigenvalue weighted by Gasteiger charge is 2.31. The first-order valence-corrected chi connectivity index (χ1v) is 12.7. The van der Waals surface area contributed by atoms with E-state index in [2.05, 4.69) is 4.72 Å². The highest BCUT2D eigenvalue weighted by atomic mass is 32.2. The predicted molar refractivity (Wildman–Crippen MR) is 119 cm³/mol. The van der Waals surface area contributed by atoms with Gasteiger partial charge in [-0.25, -0.2) is 13.1 Å². The largest absolute Gasteiger partial charge is 0.495 e. The van der Waals surface area contributed by atoms with E-state index in [0.717, 1.165) is 22.6 Å². The minimum atomic E-state index is -3.76. The van der Waals surface area contributed by atoms with Crippen molar-refractivity contribution in [1.82, 2.24) is 9.62 Å². The second-order valence-electron chi connectivity index (χ2n) is 7.08. The van der Waals surface area contributed by atoms with Crippen molar-refractivity contribution in [2.24, 2.45) is 0 Å². The van der Waals surface area contributed by atoms with Crippen LogP contribution in [0.1, 0.15) is 33.0 Å². The van der Waals surface area contributed by atoms with Gasteiger partial charge in [0.2, 0.25) is 10.0 Å². The van der Waals surface area contributed by atoms with Gasteiger partial charge in [0, 0.05) is 21.4 Å². The number of hydrogen-bond acceptors (Lipinski definition) is 6. The van der Waals surface area contributed by atoms with Gasteiger partial charge in [0.05, 0.1) is 20.2 Å². The standard InChI is InChI=1S/C21H22N2O4S3/c1-27-19-9-6-15(12-20(19)30(25,26)22-16-7-8-16)21(24)23(13-17-4-2-10-28-17)14-18-5-3-11-29-18/h2-6,9-12,16,22H,7-8,13-14H2,1H3. The maximum Gasteiger partial charge on any atom is 0.254 e. The van der Waals surface area contributed by atoms with Crippen molar-refractivity contribution in [1.29, 1.82) is 0 Å². The van der Waals surface area contributed by atoms with Crippen LogP contribution in [0.5, 0.6) is 5.75 Å². The Bertz CT molecular complexity index is 1070. The van der Waals surface area contributed by atoms with Crippen LogP contribution < -0.4 is 9.46 Å². The Kier molecular flexibility index (Phi) is 6.24. The van der Waals surface area contributed by atoms with Crippen LogP contribution in [0, 0.1) is 0 Å². The molecule has 9 heteroatoms. The van der Waals surface area contributed by atoms with E-state index >= 15 is 0 Å². The van der Waals surface area contributed by atoms with E-state index in [9.17, 15) is 13.2 Å². The first-order chi connectivity index (χ1) is 14.5. The fourth-order valence-electron chi connectivity index (χ4n) is 3.07. The summed E-state index contributed by atoms with van der Waals surface area (Å²) >= 11 is 3.17. The fraction of sp³-hybridized carbons (Fsp3) is 0.286. The molecule has 0 spiro atoms. The van der Waals surface area contributed by atoms with E-state index in [4.69, 9.17) is 4.74 Å². The molecule has 0 radical (unpaired) electrons. The molecule has 0 aliphatic heterocycles. The van der Waals surface area contributed by atoms with Gasteiger partial charge < -0.3 is 9.64 Å². The predicted octanol–water partition coefficient (Wildman–Crippen LogP) is 4.10. The zero-order valence-corrected chi connectivity index (χ0v) is 18.9. The number of thiophene rings is 2. The number of nitrogens with one attached hydrogen (secondary N) is 1. The normalized spacial score (nSPS) is 13.9. The Morgan fingerprint density at radius 2 is 1.73 bits per heavy atom. The molecule has 1 amide bonds. The average Bonchev–Trinajstić information content (AvgIpc) is 3.18. The monoisotopic (exact) mass is 462 g/mol. The molecule has 3 aromatic rings. The van der Waals surface area contributed by atoms with E-state index in [1.54, 1.807) is 39.7 Å². The average molecular weight is 463 g/mol. The summed E-state index contributed by atoms with van der Waals surface area (Å²) < 4.78 is 33.5. The highest BCUT2D eigenvalue weighted by molar-refractivity contribution is 7.89. The van der Waals surface area contributed by atoms with E-state index < -0.39 is 10.0 Å². The number of carbonyl (C=O) groups is 1. The first kappa shape index (κ1) is 21.0. The van der Waals surface area contributed by atoms with Crippen LogP contribution in [0.25, 0.3) is 0 Å². The van der Waals surface area contributed by atoms with Gasteiger partial charge in [-0.15, -0.1) is 22.7 Å². The van der Waals surface area contributed by atoms with E-state index in [1.807, 2.05) is 35.0 Å². The summed E-state index contributed by atoms with van der Waals surface area (Å²) in [4.78, 5) is 17.3. The number of ether oxygens (including phenoxy) is 1. The Hall–Kier alpha value is -2.20. The third kappa shape index (κ3) is 4.92. The molecule has 4 rings (SSSR count). The number of carbonyl (C=O) groups excluding carboxylic acids is 1. The van der Waals surface area contributed by atoms with E-state index in [0.29, 0.717) is 18.7 Å². The molecule has 30 heavy (non-hydrogen) atoms. The van der Waals surface area contributed by atoms with Crippen LogP contribution in [0.2, 0.25) is 0 Å². The molecule has 1 aliphatic carbocycles. The van der Waals surface area contributed by atoms with Crippen molar-refractivity contribution in [3.8, 4) is 5.75 Å². The van der Waals surface area contributed by atoms with Crippen LogP contribution in [-0.4, -0.2) is 32.4 Å². The summed E-state index contributed by atoms with van der Waals surface area (Å²) in [6, 6.07) is 12.4. The van der Waals surface area contributed by atoms with Crippen molar-refractivity contribution in [3.05, 3.63) is 68.5 Å². The van der Waals surface area contributed by atoms with Gasteiger partial charge in [-0.05, 0) is 53.9 Å². The number of benzene rings is 1. The van der Waals surface area contributed by atoms with Crippen molar-refractivity contribution in [2.75, 3.05) is 7.11 Å². The van der Waals surface area contributed by atoms with E-state index in [1.165, 1.54) is 13.2 Å². The molecule has 0 bridgehead atoms. The lowest BCUT2D eigenvalue weighted by molar-refractivity contribution is 0.0733. The molecular formula is C21H22N2O4S3. The lowest BCUT2D eigenvalue weighted by atomic mass is 10.2. The number of rotatable bonds is 9. The molecular weight excluding hydrogens is 440 g/mol. The molecule has 2 heterocycles. The summed E-state index contributed by atoms with van der Waals surface area (Å²) in [5, 5.41) is 3.95. The topological polar surface area (TPSA) is 75.7 Å². The summed E-state index contributed by atoms with van der Waals surface area (Å²) in [5.74, 6) is 0.00471. The number of amides is 1. The first-order valence-electron chi connectivity index (χ1n) is 9.50. The molecule has 1 aliphatic rings. The van der Waals surface area contributed by atoms with Crippen molar-refractivity contribution in [3.63, 3.8) is 0 Å². The molecule has 1 fully saturated rings. The molecule has 2 aromatic heterocycles. The third-order valence-corrected chi connectivity index (χ3v) is 8.00. The summed E-state index contributed by atoms with van der Waals surface area (Å²) in [7, 11) is -2.34. The smallest absolute Gasteiger partial charge is 0.254 e. The summed E-state index contributed by atoms with van der Waals surface area (Å²) in [6.45, 7) is 0.922. The zero-order chi connectivity index (χ0) is 21.1. The maximum absolute atomic E-state index is 13.4. The van der Waals surface area contributed by atoms with Crippen LogP contribution >= 0.6 is 22.7 Å². The van der Waals surface area contributed by atoms with E-state index in [-0.39, 0.29) is 22.6 Å². The minimum Gasteiger partial charge on any atom is -0.495 e. The number of sulfonamides is 1. The van der Waals surface area contributed by atoms with Crippen LogP contribution in [0.4, 0.5) is 0 Å². The molecule has 1 aromatic carbocycles. The molecule has 1 N–H and O–H groups in total. The van der Waals surface area contributed by atoms with Crippen molar-refractivity contribution in [2.45, 2.75) is 36.9 Å². The Labute approximate surface area is 184 Å². The molecule has 6 nitrogen and oxygen atoms in total. The van der Waals surface area contributed by atoms with Gasteiger partial charge in [-0.2, -0.15) is 0 Å². The molecule has 0 unspecified atom stereocenters. The number of hydrogen-bond donors (Lipinski definition) is 1. The van der Waals surface area contributed by atoms with Gasteiger partial charge in [0.15, 0.2) is 0 Å². The van der Waals surface area contributed by atoms with Crippen LogP contribution in [0.15, 0.2) is 58.1 Å². The maximum atomic E-state index is 13.4. The molecule has 1 saturated carbocycles. The molecule has 0 atom stereocenters. The Balaban J connectivity index is 1.65. The summed E-state index contributed by atoms with van der Waals surface area (Å²) in [5.41, 5.74) is 0.320. The second kappa shape index (κ2) is 8.89. The Morgan fingerprint density at radius 3 is 2.23 bits per heavy atom. The van der Waals surface area contributed by atoms with Gasteiger partial charge in [-0.3, -0.25) is 4.79 Å². The lowest BCUT2D eigenvalue weighted by Gasteiger charge is -2.22. The number of nitrogens with zero attached hydrogens (tertiary/aromatic N) is 1. The van der Waals surface area contributed by atoms with Gasteiger partial charge in [0.25, 0.3) is 5.91 Å². The fourth-order valence-corrected chi connectivity index (χ4v) is 6.01. The van der Waals surface area contributed by atoms with Crippen molar-refractivity contribution >= 4 is 38.6 Å². The minimum absolute atomic E-state index is 0.00468. The molecule has 158 valence electrons. The molecule has 0 saturated heterocycles. The highest BCUT2D eigenvalue weighted by Crippen LogP contribution is 2.29. The van der Waals surface area contributed by atoms with Gasteiger partial charge in [0.1, 0.15) is 10.6 Å². The van der Waals surface area contributed by atoms with Crippen LogP contribution in [0.3, 0.4) is 0 Å². The van der Waals surface area contributed by atoms with Crippen molar-refractivity contribution < 1.29 is 17.9 Å².